The molecule has 94 valence electrons. The second-order valence-corrected chi connectivity index (χ2v) is 7.12. The Morgan fingerprint density at radius 3 is 2.28 bits per heavy atom. The minimum absolute atomic E-state index is 0.347. The Labute approximate surface area is 116 Å². The van der Waals surface area contributed by atoms with Crippen LogP contribution >= 0.6 is 15.9 Å². The Morgan fingerprint density at radius 1 is 1.00 bits per heavy atom. The molecule has 0 aliphatic rings. The van der Waals surface area contributed by atoms with Gasteiger partial charge >= 0.3 is 0 Å². The predicted molar refractivity (Wildman–Crippen MR) is 78.3 cm³/mol. The third kappa shape index (κ3) is 3.21. The number of rotatable bonds is 4. The van der Waals surface area contributed by atoms with Gasteiger partial charge in [0.05, 0.1) is 9.73 Å². The van der Waals surface area contributed by atoms with Crippen molar-refractivity contribution in [2.45, 2.75) is 11.3 Å². The third-order valence-electron chi connectivity index (χ3n) is 2.74. The van der Waals surface area contributed by atoms with Crippen molar-refractivity contribution in [2.24, 2.45) is 0 Å². The molecule has 0 amide bonds. The van der Waals surface area contributed by atoms with Crippen LogP contribution in [-0.4, -0.2) is 9.96 Å². The Bertz CT molecular complexity index is 623. The summed E-state index contributed by atoms with van der Waals surface area (Å²) in [5, 5.41) is 0. The van der Waals surface area contributed by atoms with Crippen molar-refractivity contribution in [1.29, 1.82) is 4.78 Å². The second-order valence-electron chi connectivity index (χ2n) is 4.03. The first kappa shape index (κ1) is 13.3. The van der Waals surface area contributed by atoms with Gasteiger partial charge in [-0.2, -0.15) is 0 Å². The monoisotopic (exact) mass is 323 g/mol. The molecule has 0 radical (unpaired) electrons. The van der Waals surface area contributed by atoms with Gasteiger partial charge in [-0.1, -0.05) is 52.3 Å². The van der Waals surface area contributed by atoms with Gasteiger partial charge in [-0.25, -0.2) is 8.99 Å². The summed E-state index contributed by atoms with van der Waals surface area (Å²) in [5.74, 6) is 0.347. The summed E-state index contributed by atoms with van der Waals surface area (Å²) in [4.78, 5) is 0.608. The van der Waals surface area contributed by atoms with E-state index in [2.05, 4.69) is 15.9 Å². The lowest BCUT2D eigenvalue weighted by Crippen LogP contribution is -2.07. The molecule has 1 N–H and O–H groups in total. The van der Waals surface area contributed by atoms with E-state index in [1.807, 2.05) is 42.5 Å². The van der Waals surface area contributed by atoms with Crippen molar-refractivity contribution in [3.05, 3.63) is 64.6 Å². The van der Waals surface area contributed by atoms with Crippen LogP contribution < -0.4 is 0 Å². The fraction of sp³-hybridized carbons (Fsp3) is 0.143. The van der Waals surface area contributed by atoms with Crippen LogP contribution in [-0.2, 0) is 16.1 Å². The number of halogens is 1. The van der Waals surface area contributed by atoms with Gasteiger partial charge in [0.2, 0.25) is 0 Å². The van der Waals surface area contributed by atoms with Crippen LogP contribution in [0.25, 0.3) is 0 Å². The van der Waals surface area contributed by atoms with Crippen molar-refractivity contribution < 1.29 is 4.21 Å². The van der Waals surface area contributed by atoms with Crippen LogP contribution in [0.2, 0.25) is 0 Å². The molecule has 2 aromatic carbocycles. The first-order valence-corrected chi connectivity index (χ1v) is 8.16. The molecule has 18 heavy (non-hydrogen) atoms. The van der Waals surface area contributed by atoms with Gasteiger partial charge in [-0.3, -0.25) is 0 Å². The molecule has 0 bridgehead atoms. The van der Waals surface area contributed by atoms with E-state index in [4.69, 9.17) is 4.78 Å². The molecule has 1 atom stereocenters. The van der Waals surface area contributed by atoms with Crippen molar-refractivity contribution >= 4 is 25.7 Å². The number of hydrogen-bond acceptors (Lipinski definition) is 2. The van der Waals surface area contributed by atoms with Crippen LogP contribution in [0.15, 0.2) is 64.0 Å². The largest absolute Gasteiger partial charge is 0.249 e. The summed E-state index contributed by atoms with van der Waals surface area (Å²) >= 11 is 3.47. The van der Waals surface area contributed by atoms with Gasteiger partial charge in [-0.05, 0) is 30.2 Å². The fourth-order valence-electron chi connectivity index (χ4n) is 1.71. The Kier molecular flexibility index (Phi) is 4.19. The molecule has 0 heterocycles. The second kappa shape index (κ2) is 5.67. The molecule has 4 heteroatoms. The van der Waals surface area contributed by atoms with E-state index in [0.29, 0.717) is 17.1 Å². The summed E-state index contributed by atoms with van der Waals surface area (Å²) in [7, 11) is -2.70. The standard InChI is InChI=1S/C14H14BrNOS/c15-14-9-5-4-6-12(14)10-11-18(16,17)13-7-2-1-3-8-13/h1-9,16H,10-11H2. The fourth-order valence-corrected chi connectivity index (χ4v) is 3.54. The molecule has 0 aliphatic heterocycles. The molecule has 0 aromatic heterocycles. The van der Waals surface area contributed by atoms with Gasteiger partial charge in [0, 0.05) is 15.1 Å². The maximum Gasteiger partial charge on any atom is 0.0729 e. The number of benzene rings is 2. The minimum atomic E-state index is -2.70. The van der Waals surface area contributed by atoms with Crippen molar-refractivity contribution in [2.75, 3.05) is 5.75 Å². The van der Waals surface area contributed by atoms with Crippen LogP contribution in [0, 0.1) is 4.78 Å². The normalized spacial score (nSPS) is 14.1. The Balaban J connectivity index is 2.14. The average molecular weight is 324 g/mol. The summed E-state index contributed by atoms with van der Waals surface area (Å²) in [6.45, 7) is 0. The molecule has 2 rings (SSSR count). The first-order chi connectivity index (χ1) is 8.59. The van der Waals surface area contributed by atoms with Gasteiger partial charge in [-0.15, -0.1) is 0 Å². The highest BCUT2D eigenvalue weighted by Gasteiger charge is 2.10. The molecule has 0 saturated carbocycles. The summed E-state index contributed by atoms with van der Waals surface area (Å²) < 4.78 is 21.3. The molecule has 0 saturated heterocycles. The lowest BCUT2D eigenvalue weighted by Gasteiger charge is -2.08. The number of aryl methyl sites for hydroxylation is 1. The molecule has 2 nitrogen and oxygen atoms in total. The van der Waals surface area contributed by atoms with Crippen molar-refractivity contribution in [3.8, 4) is 0 Å². The van der Waals surface area contributed by atoms with E-state index in [9.17, 15) is 4.21 Å². The average Bonchev–Trinajstić information content (AvgIpc) is 2.39. The summed E-state index contributed by atoms with van der Waals surface area (Å²) in [5.41, 5.74) is 1.09. The van der Waals surface area contributed by atoms with Crippen LogP contribution in [0.3, 0.4) is 0 Å². The molecule has 0 spiro atoms. The maximum absolute atomic E-state index is 12.3. The summed E-state index contributed by atoms with van der Waals surface area (Å²) in [6.07, 6.45) is 0.638. The first-order valence-electron chi connectivity index (χ1n) is 5.64. The molecular weight excluding hydrogens is 310 g/mol. The van der Waals surface area contributed by atoms with Gasteiger partial charge < -0.3 is 0 Å². The highest BCUT2D eigenvalue weighted by Crippen LogP contribution is 2.19. The van der Waals surface area contributed by atoms with Gasteiger partial charge in [0.1, 0.15) is 0 Å². The smallest absolute Gasteiger partial charge is 0.0729 e. The zero-order valence-corrected chi connectivity index (χ0v) is 12.2. The van der Waals surface area contributed by atoms with Crippen LogP contribution in [0.1, 0.15) is 5.56 Å². The van der Waals surface area contributed by atoms with Crippen molar-refractivity contribution in [3.63, 3.8) is 0 Å². The zero-order chi connectivity index (χ0) is 13.0. The van der Waals surface area contributed by atoms with Gasteiger partial charge in [0.25, 0.3) is 0 Å². The lowest BCUT2D eigenvalue weighted by atomic mass is 10.2. The highest BCUT2D eigenvalue weighted by atomic mass is 79.9. The van der Waals surface area contributed by atoms with Crippen LogP contribution in [0.4, 0.5) is 0 Å². The van der Waals surface area contributed by atoms with E-state index >= 15 is 0 Å². The molecule has 2 aromatic rings. The Hall–Kier alpha value is -1.13. The van der Waals surface area contributed by atoms with E-state index in [1.165, 1.54) is 0 Å². The van der Waals surface area contributed by atoms with E-state index in [1.54, 1.807) is 12.1 Å². The van der Waals surface area contributed by atoms with Crippen LogP contribution in [0.5, 0.6) is 0 Å². The summed E-state index contributed by atoms with van der Waals surface area (Å²) in [6, 6.07) is 16.9. The molecule has 1 unspecified atom stereocenters. The van der Waals surface area contributed by atoms with Gasteiger partial charge in [0.15, 0.2) is 0 Å². The number of nitrogens with one attached hydrogen (secondary N) is 1. The van der Waals surface area contributed by atoms with E-state index in [-0.39, 0.29) is 0 Å². The Morgan fingerprint density at radius 2 is 1.61 bits per heavy atom. The highest BCUT2D eigenvalue weighted by molar-refractivity contribution is 9.10. The molecule has 0 fully saturated rings. The van der Waals surface area contributed by atoms with E-state index in [0.717, 1.165) is 10.0 Å². The SMILES string of the molecule is N=S(=O)(CCc1ccccc1Br)c1ccccc1. The zero-order valence-electron chi connectivity index (χ0n) is 9.80. The number of hydrogen-bond donors (Lipinski definition) is 1. The lowest BCUT2D eigenvalue weighted by molar-refractivity contribution is 0.674. The molecule has 0 aliphatic carbocycles. The third-order valence-corrected chi connectivity index (χ3v) is 5.33. The minimum Gasteiger partial charge on any atom is -0.249 e. The maximum atomic E-state index is 12.3. The topological polar surface area (TPSA) is 40.9 Å². The predicted octanol–water partition coefficient (Wildman–Crippen LogP) is 4.10. The van der Waals surface area contributed by atoms with Crippen molar-refractivity contribution in [1.82, 2.24) is 0 Å². The molecular formula is C14H14BrNOS. The quantitative estimate of drug-likeness (QED) is 0.904. The van der Waals surface area contributed by atoms with E-state index < -0.39 is 9.73 Å².